The standard InChI is InChI=1S/C16H17N3O2S/c1-8-7-22-16-17-13(6-18(8)16)14-10(3)9(2)11(4)15(12(14)5)19(20)21/h6-7H,1-5H3. The number of hydrogen-bond acceptors (Lipinski definition) is 4. The van der Waals surface area contributed by atoms with Crippen molar-refractivity contribution in [2.75, 3.05) is 0 Å². The SMILES string of the molecule is Cc1c(C)c(-c2cn3c(C)csc3n2)c(C)c([N+](=O)[O-])c1C. The molecule has 0 fully saturated rings. The molecule has 2 aromatic heterocycles. The van der Waals surface area contributed by atoms with Crippen LogP contribution in [0.3, 0.4) is 0 Å². The second kappa shape index (κ2) is 4.91. The molecule has 0 saturated carbocycles. The first-order valence-electron chi connectivity index (χ1n) is 7.01. The van der Waals surface area contributed by atoms with Gasteiger partial charge in [0, 0.05) is 34.0 Å². The molecule has 3 rings (SSSR count). The van der Waals surface area contributed by atoms with Gasteiger partial charge in [-0.3, -0.25) is 14.5 Å². The van der Waals surface area contributed by atoms with E-state index in [4.69, 9.17) is 0 Å². The van der Waals surface area contributed by atoms with Crippen LogP contribution in [0.2, 0.25) is 0 Å². The van der Waals surface area contributed by atoms with Gasteiger partial charge in [0.15, 0.2) is 4.96 Å². The predicted molar refractivity (Wildman–Crippen MR) is 88.8 cm³/mol. The summed E-state index contributed by atoms with van der Waals surface area (Å²) in [6, 6.07) is 0. The second-order valence-corrected chi connectivity index (χ2v) is 6.47. The number of benzene rings is 1. The molecule has 0 N–H and O–H groups in total. The van der Waals surface area contributed by atoms with Gasteiger partial charge in [-0.25, -0.2) is 4.98 Å². The maximum atomic E-state index is 11.4. The topological polar surface area (TPSA) is 60.4 Å². The van der Waals surface area contributed by atoms with Crippen molar-refractivity contribution in [2.24, 2.45) is 0 Å². The zero-order valence-electron chi connectivity index (χ0n) is 13.2. The Morgan fingerprint density at radius 3 is 2.36 bits per heavy atom. The summed E-state index contributed by atoms with van der Waals surface area (Å²) in [6.45, 7) is 9.59. The van der Waals surface area contributed by atoms with Crippen LogP contribution in [0.15, 0.2) is 11.6 Å². The molecule has 0 aliphatic carbocycles. The molecule has 114 valence electrons. The summed E-state index contributed by atoms with van der Waals surface area (Å²) in [7, 11) is 0. The zero-order chi connectivity index (χ0) is 16.2. The Hall–Kier alpha value is -2.21. The van der Waals surface area contributed by atoms with Gasteiger partial charge in [-0.15, -0.1) is 11.3 Å². The van der Waals surface area contributed by atoms with E-state index in [-0.39, 0.29) is 10.6 Å². The van der Waals surface area contributed by atoms with Crippen LogP contribution in [0, 0.1) is 44.7 Å². The minimum Gasteiger partial charge on any atom is -0.294 e. The van der Waals surface area contributed by atoms with Crippen LogP contribution in [0.4, 0.5) is 5.69 Å². The van der Waals surface area contributed by atoms with E-state index in [2.05, 4.69) is 10.4 Å². The lowest BCUT2D eigenvalue weighted by Gasteiger charge is -2.14. The molecule has 0 spiro atoms. The highest BCUT2D eigenvalue weighted by atomic mass is 32.1. The van der Waals surface area contributed by atoms with Gasteiger partial charge in [0.1, 0.15) is 0 Å². The van der Waals surface area contributed by atoms with Crippen molar-refractivity contribution in [3.63, 3.8) is 0 Å². The van der Waals surface area contributed by atoms with Gasteiger partial charge in [-0.2, -0.15) is 0 Å². The van der Waals surface area contributed by atoms with Gasteiger partial charge in [0.05, 0.1) is 10.6 Å². The lowest BCUT2D eigenvalue weighted by Crippen LogP contribution is -2.03. The second-order valence-electron chi connectivity index (χ2n) is 5.64. The molecule has 5 nitrogen and oxygen atoms in total. The normalized spacial score (nSPS) is 11.3. The molecule has 0 saturated heterocycles. The summed E-state index contributed by atoms with van der Waals surface area (Å²) in [5, 5.41) is 13.5. The third kappa shape index (κ3) is 1.94. The van der Waals surface area contributed by atoms with Crippen molar-refractivity contribution in [3.05, 3.63) is 49.6 Å². The van der Waals surface area contributed by atoms with E-state index in [1.165, 1.54) is 0 Å². The summed E-state index contributed by atoms with van der Waals surface area (Å²) >= 11 is 1.58. The third-order valence-corrected chi connectivity index (χ3v) is 5.37. The molecule has 0 aliphatic heterocycles. The quantitative estimate of drug-likeness (QED) is 0.516. The number of nitrogens with zero attached hydrogens (tertiary/aromatic N) is 3. The Balaban J connectivity index is 2.36. The Labute approximate surface area is 132 Å². The number of nitro groups is 1. The first kappa shape index (κ1) is 14.7. The van der Waals surface area contributed by atoms with Crippen LogP contribution < -0.4 is 0 Å². The summed E-state index contributed by atoms with van der Waals surface area (Å²) < 4.78 is 2.03. The molecule has 3 aromatic rings. The summed E-state index contributed by atoms with van der Waals surface area (Å²) in [5.41, 5.74) is 6.44. The lowest BCUT2D eigenvalue weighted by atomic mass is 9.91. The van der Waals surface area contributed by atoms with Crippen LogP contribution >= 0.6 is 11.3 Å². The average molecular weight is 315 g/mol. The Kier molecular flexibility index (Phi) is 3.29. The number of aromatic nitrogens is 2. The highest BCUT2D eigenvalue weighted by Crippen LogP contribution is 2.38. The molecule has 0 radical (unpaired) electrons. The molecular formula is C16H17N3O2S. The van der Waals surface area contributed by atoms with Crippen molar-refractivity contribution in [2.45, 2.75) is 34.6 Å². The smallest absolute Gasteiger partial charge is 0.276 e. The molecule has 2 heterocycles. The molecule has 22 heavy (non-hydrogen) atoms. The molecular weight excluding hydrogens is 298 g/mol. The van der Waals surface area contributed by atoms with Gasteiger partial charge < -0.3 is 0 Å². The fourth-order valence-corrected chi connectivity index (χ4v) is 3.85. The van der Waals surface area contributed by atoms with E-state index in [1.807, 2.05) is 45.2 Å². The van der Waals surface area contributed by atoms with Crippen LogP contribution in [0.5, 0.6) is 0 Å². The van der Waals surface area contributed by atoms with Gasteiger partial charge in [-0.05, 0) is 45.7 Å². The van der Waals surface area contributed by atoms with Crippen LogP contribution in [0.25, 0.3) is 16.2 Å². The maximum Gasteiger partial charge on any atom is 0.276 e. The summed E-state index contributed by atoms with van der Waals surface area (Å²) in [5.74, 6) is 0. The molecule has 6 heteroatoms. The van der Waals surface area contributed by atoms with Gasteiger partial charge in [0.2, 0.25) is 0 Å². The number of hydrogen-bond donors (Lipinski definition) is 0. The first-order valence-corrected chi connectivity index (χ1v) is 7.89. The molecule has 0 aliphatic rings. The monoisotopic (exact) mass is 315 g/mol. The Morgan fingerprint density at radius 2 is 1.77 bits per heavy atom. The van der Waals surface area contributed by atoms with Crippen LogP contribution in [-0.2, 0) is 0 Å². The highest BCUT2D eigenvalue weighted by molar-refractivity contribution is 7.15. The molecule has 0 atom stereocenters. The average Bonchev–Trinajstić information content (AvgIpc) is 2.99. The minimum atomic E-state index is -0.287. The van der Waals surface area contributed by atoms with Gasteiger partial charge in [-0.1, -0.05) is 0 Å². The van der Waals surface area contributed by atoms with Crippen molar-refractivity contribution in [1.82, 2.24) is 9.38 Å². The highest BCUT2D eigenvalue weighted by Gasteiger charge is 2.25. The van der Waals surface area contributed by atoms with Gasteiger partial charge in [0.25, 0.3) is 5.69 Å². The number of aryl methyl sites for hydroxylation is 1. The van der Waals surface area contributed by atoms with Gasteiger partial charge >= 0.3 is 0 Å². The number of rotatable bonds is 2. The lowest BCUT2D eigenvalue weighted by molar-refractivity contribution is -0.386. The van der Waals surface area contributed by atoms with Crippen LogP contribution in [0.1, 0.15) is 27.9 Å². The largest absolute Gasteiger partial charge is 0.294 e. The Morgan fingerprint density at radius 1 is 1.09 bits per heavy atom. The number of thiazole rings is 1. The van der Waals surface area contributed by atoms with Crippen molar-refractivity contribution in [3.8, 4) is 11.3 Å². The number of imidazole rings is 1. The van der Waals surface area contributed by atoms with E-state index in [0.717, 1.165) is 38.6 Å². The van der Waals surface area contributed by atoms with Crippen LogP contribution in [-0.4, -0.2) is 14.3 Å². The van der Waals surface area contributed by atoms with E-state index in [1.54, 1.807) is 11.3 Å². The molecule has 0 unspecified atom stereocenters. The summed E-state index contributed by atoms with van der Waals surface area (Å²) in [6.07, 6.45) is 1.97. The van der Waals surface area contributed by atoms with Crippen molar-refractivity contribution in [1.29, 1.82) is 0 Å². The maximum absolute atomic E-state index is 11.4. The van der Waals surface area contributed by atoms with Crippen molar-refractivity contribution < 1.29 is 4.92 Å². The predicted octanol–water partition coefficient (Wildman–Crippen LogP) is 4.51. The number of nitro benzene ring substituents is 1. The molecule has 0 amide bonds. The zero-order valence-corrected chi connectivity index (χ0v) is 14.0. The van der Waals surface area contributed by atoms with E-state index >= 15 is 0 Å². The fraction of sp³-hybridized carbons (Fsp3) is 0.312. The first-order chi connectivity index (χ1) is 10.3. The van der Waals surface area contributed by atoms with E-state index in [0.29, 0.717) is 5.56 Å². The van der Waals surface area contributed by atoms with Crippen molar-refractivity contribution >= 4 is 22.0 Å². The molecule has 1 aromatic carbocycles. The Bertz CT molecular complexity index is 921. The molecule has 0 bridgehead atoms. The van der Waals surface area contributed by atoms with E-state index in [9.17, 15) is 10.1 Å². The minimum absolute atomic E-state index is 0.200. The third-order valence-electron chi connectivity index (χ3n) is 4.41. The fourth-order valence-electron chi connectivity index (χ4n) is 3.00. The number of fused-ring (bicyclic) bond motifs is 1. The summed E-state index contributed by atoms with van der Waals surface area (Å²) in [4.78, 5) is 16.7. The van der Waals surface area contributed by atoms with E-state index < -0.39 is 0 Å².